The maximum absolute atomic E-state index is 2.31. The Kier molecular flexibility index (Phi) is 4.62. The Hall–Kier alpha value is -0.870. The molecule has 0 fully saturated rings. The van der Waals surface area contributed by atoms with E-state index in [0.717, 1.165) is 0 Å². The summed E-state index contributed by atoms with van der Waals surface area (Å²) >= 11 is 0. The topological polar surface area (TPSA) is 0 Å². The van der Waals surface area contributed by atoms with Gasteiger partial charge in [0.25, 0.3) is 0 Å². The molecule has 0 radical (unpaired) electrons. The summed E-state index contributed by atoms with van der Waals surface area (Å²) in [5, 5.41) is 2.91. The van der Waals surface area contributed by atoms with Crippen molar-refractivity contribution in [3.8, 4) is 0 Å². The zero-order chi connectivity index (χ0) is 10.4. The van der Waals surface area contributed by atoms with Crippen molar-refractivity contribution in [3.63, 3.8) is 0 Å². The van der Waals surface area contributed by atoms with Gasteiger partial charge in [0.2, 0.25) is 0 Å². The lowest BCUT2D eigenvalue weighted by Crippen LogP contribution is -1.98. The first kappa shape index (κ1) is 11.2. The first-order valence-electron chi connectivity index (χ1n) is 4.84. The molecule has 0 nitrogen and oxygen atoms in total. The number of hydrogen-bond donors (Lipinski definition) is 0. The second-order valence-electron chi connectivity index (χ2n) is 3.23. The quantitative estimate of drug-likeness (QED) is 0.517. The summed E-state index contributed by atoms with van der Waals surface area (Å²) in [6.45, 7) is 6.56. The van der Waals surface area contributed by atoms with Gasteiger partial charge in [0, 0.05) is 0 Å². The van der Waals surface area contributed by atoms with Crippen LogP contribution in [0.25, 0.3) is 0 Å². The molecule has 1 rings (SSSR count). The van der Waals surface area contributed by atoms with Gasteiger partial charge in [0.15, 0.2) is 0 Å². The Morgan fingerprint density at radius 3 is 2.43 bits per heavy atom. The van der Waals surface area contributed by atoms with Gasteiger partial charge in [0.05, 0.1) is 0 Å². The van der Waals surface area contributed by atoms with Gasteiger partial charge in [0.1, 0.15) is 0 Å². The smallest absolute Gasteiger partial charge is 0.0201 e. The van der Waals surface area contributed by atoms with E-state index in [4.69, 9.17) is 0 Å². The molecule has 0 aromatic heterocycles. The summed E-state index contributed by atoms with van der Waals surface area (Å²) in [6.07, 6.45) is 6.38. The lowest BCUT2D eigenvalue weighted by molar-refractivity contribution is 1.62. The van der Waals surface area contributed by atoms with Crippen LogP contribution in [0.1, 0.15) is 13.8 Å². The maximum Gasteiger partial charge on any atom is -0.0201 e. The van der Waals surface area contributed by atoms with E-state index in [9.17, 15) is 0 Å². The van der Waals surface area contributed by atoms with Crippen molar-refractivity contribution < 1.29 is 0 Å². The average Bonchev–Trinajstić information content (AvgIpc) is 2.26. The number of rotatable bonds is 3. The van der Waals surface area contributed by atoms with Crippen molar-refractivity contribution in [1.29, 1.82) is 0 Å². The molecule has 0 N–H and O–H groups in total. The summed E-state index contributed by atoms with van der Waals surface area (Å²) in [5.74, 6) is 0. The van der Waals surface area contributed by atoms with E-state index in [0.29, 0.717) is 0 Å². The first-order valence-corrected chi connectivity index (χ1v) is 6.63. The first-order chi connectivity index (χ1) is 6.75. The summed E-state index contributed by atoms with van der Waals surface area (Å²) in [6, 6.07) is 10.7. The molecule has 1 unspecified atom stereocenters. The van der Waals surface area contributed by atoms with Crippen molar-refractivity contribution in [1.82, 2.24) is 0 Å². The zero-order valence-electron chi connectivity index (χ0n) is 9.07. The Morgan fingerprint density at radius 2 is 1.86 bits per heavy atom. The van der Waals surface area contributed by atoms with Gasteiger partial charge in [-0.15, -0.1) is 0 Å². The van der Waals surface area contributed by atoms with Gasteiger partial charge < -0.3 is 0 Å². The molecule has 0 saturated heterocycles. The van der Waals surface area contributed by atoms with E-state index >= 15 is 0 Å². The molecule has 74 valence electrons. The largest absolute Gasteiger partial charge is 0.0876 e. The summed E-state index contributed by atoms with van der Waals surface area (Å²) in [4.78, 5) is 0. The molecule has 14 heavy (non-hydrogen) atoms. The molecular weight excluding hydrogens is 187 g/mol. The molecule has 1 aromatic carbocycles. The summed E-state index contributed by atoms with van der Waals surface area (Å²) in [5.41, 5.74) is 0. The maximum atomic E-state index is 2.31. The third-order valence-corrected chi connectivity index (χ3v) is 4.48. The molecule has 0 heterocycles. The van der Waals surface area contributed by atoms with Crippen LogP contribution < -0.4 is 5.30 Å². The van der Waals surface area contributed by atoms with Crippen LogP contribution in [0.3, 0.4) is 0 Å². The van der Waals surface area contributed by atoms with Gasteiger partial charge in [-0.2, -0.15) is 0 Å². The highest BCUT2D eigenvalue weighted by molar-refractivity contribution is 7.68. The zero-order valence-corrected chi connectivity index (χ0v) is 9.96. The van der Waals surface area contributed by atoms with E-state index in [1.54, 1.807) is 0 Å². The Labute approximate surface area is 88.1 Å². The van der Waals surface area contributed by atoms with E-state index in [2.05, 4.69) is 62.1 Å². The van der Waals surface area contributed by atoms with Crippen LogP contribution in [-0.2, 0) is 0 Å². The second kappa shape index (κ2) is 5.78. The SMILES string of the molecule is CC=CC=C(C)P(C)c1ccccc1. The fraction of sp³-hybridized carbons (Fsp3) is 0.231. The van der Waals surface area contributed by atoms with Crippen LogP contribution in [0.4, 0.5) is 0 Å². The standard InChI is InChI=1S/C13H17P/c1-4-5-9-12(2)14(3)13-10-7-6-8-11-13/h4-11H,1-3H3. The predicted octanol–water partition coefficient (Wildman–Crippen LogP) is 3.90. The van der Waals surface area contributed by atoms with Gasteiger partial charge in [-0.3, -0.25) is 0 Å². The molecule has 0 spiro atoms. The molecule has 0 bridgehead atoms. The highest BCUT2D eigenvalue weighted by Gasteiger charge is 2.04. The van der Waals surface area contributed by atoms with Gasteiger partial charge >= 0.3 is 0 Å². The van der Waals surface area contributed by atoms with Crippen molar-refractivity contribution >= 4 is 13.2 Å². The van der Waals surface area contributed by atoms with Crippen LogP contribution in [0.5, 0.6) is 0 Å². The molecule has 0 aliphatic heterocycles. The number of allylic oxidation sites excluding steroid dienone is 4. The molecule has 0 saturated carbocycles. The second-order valence-corrected chi connectivity index (χ2v) is 5.57. The van der Waals surface area contributed by atoms with Crippen molar-refractivity contribution in [2.24, 2.45) is 0 Å². The van der Waals surface area contributed by atoms with E-state index in [-0.39, 0.29) is 7.92 Å². The van der Waals surface area contributed by atoms with Crippen LogP contribution in [0.15, 0.2) is 53.9 Å². The average molecular weight is 204 g/mol. The molecule has 1 atom stereocenters. The van der Waals surface area contributed by atoms with Crippen molar-refractivity contribution in [2.45, 2.75) is 13.8 Å². The predicted molar refractivity (Wildman–Crippen MR) is 67.5 cm³/mol. The minimum absolute atomic E-state index is 0.139. The monoisotopic (exact) mass is 204 g/mol. The Morgan fingerprint density at radius 1 is 1.21 bits per heavy atom. The highest BCUT2D eigenvalue weighted by atomic mass is 31.1. The molecule has 0 aliphatic rings. The minimum Gasteiger partial charge on any atom is -0.0876 e. The van der Waals surface area contributed by atoms with Crippen LogP contribution >= 0.6 is 7.92 Å². The van der Waals surface area contributed by atoms with Crippen molar-refractivity contribution in [3.05, 3.63) is 53.9 Å². The fourth-order valence-corrected chi connectivity index (χ4v) is 2.54. The van der Waals surface area contributed by atoms with Crippen LogP contribution in [0, 0.1) is 0 Å². The van der Waals surface area contributed by atoms with Gasteiger partial charge in [-0.1, -0.05) is 56.5 Å². The van der Waals surface area contributed by atoms with E-state index in [1.165, 1.54) is 10.6 Å². The minimum atomic E-state index is -0.139. The fourth-order valence-electron chi connectivity index (χ4n) is 1.20. The van der Waals surface area contributed by atoms with Crippen LogP contribution in [-0.4, -0.2) is 6.66 Å². The number of hydrogen-bond acceptors (Lipinski definition) is 0. The third kappa shape index (κ3) is 3.12. The normalized spacial score (nSPS) is 14.6. The Balaban J connectivity index is 2.80. The Bertz CT molecular complexity index is 322. The third-order valence-electron chi connectivity index (χ3n) is 2.20. The van der Waals surface area contributed by atoms with Crippen LogP contribution in [0.2, 0.25) is 0 Å². The lowest BCUT2D eigenvalue weighted by Gasteiger charge is -2.12. The highest BCUT2D eigenvalue weighted by Crippen LogP contribution is 2.38. The molecule has 1 aromatic rings. The summed E-state index contributed by atoms with van der Waals surface area (Å²) in [7, 11) is -0.139. The summed E-state index contributed by atoms with van der Waals surface area (Å²) < 4.78 is 0. The van der Waals surface area contributed by atoms with Gasteiger partial charge in [-0.25, -0.2) is 0 Å². The molecular formula is C13H17P. The van der Waals surface area contributed by atoms with E-state index in [1.807, 2.05) is 6.92 Å². The lowest BCUT2D eigenvalue weighted by atomic mass is 10.4. The van der Waals surface area contributed by atoms with Crippen molar-refractivity contribution in [2.75, 3.05) is 6.66 Å². The van der Waals surface area contributed by atoms with E-state index < -0.39 is 0 Å². The molecule has 0 amide bonds. The molecule has 0 aliphatic carbocycles. The van der Waals surface area contributed by atoms with Gasteiger partial charge in [-0.05, 0) is 31.1 Å². The number of benzene rings is 1. The molecule has 1 heteroatoms.